The van der Waals surface area contributed by atoms with Crippen LogP contribution < -0.4 is 16.4 Å². The zero-order chi connectivity index (χ0) is 9.97. The second-order valence-electron chi connectivity index (χ2n) is 3.47. The molecule has 4 nitrogen and oxygen atoms in total. The molecule has 1 fully saturated rings. The van der Waals surface area contributed by atoms with Gasteiger partial charge in [-0.15, -0.1) is 11.3 Å². The number of hydrogen-bond acceptors (Lipinski definition) is 5. The highest BCUT2D eigenvalue weighted by atomic mass is 32.1. The van der Waals surface area contributed by atoms with Crippen molar-refractivity contribution in [3.63, 3.8) is 0 Å². The lowest BCUT2D eigenvalue weighted by molar-refractivity contribution is 0.433. The van der Waals surface area contributed by atoms with Gasteiger partial charge >= 0.3 is 0 Å². The Hall–Kier alpha value is -0.490. The Labute approximate surface area is 87.9 Å². The first kappa shape index (κ1) is 10.0. The molecule has 0 aliphatic carbocycles. The Morgan fingerprint density at radius 2 is 2.43 bits per heavy atom. The number of piperazine rings is 1. The molecule has 0 radical (unpaired) electrons. The minimum absolute atomic E-state index is 0.418. The summed E-state index contributed by atoms with van der Waals surface area (Å²) in [6.45, 7) is 5.68. The molecular formula is C9H16N4S. The number of nitrogens with one attached hydrogen (secondary N) is 2. The van der Waals surface area contributed by atoms with Gasteiger partial charge in [-0.05, 0) is 6.92 Å². The fraction of sp³-hybridized carbons (Fsp3) is 0.667. The fourth-order valence-corrected chi connectivity index (χ4v) is 2.74. The average Bonchev–Trinajstić information content (AvgIpc) is 2.61. The van der Waals surface area contributed by atoms with Gasteiger partial charge in [0.2, 0.25) is 0 Å². The van der Waals surface area contributed by atoms with E-state index in [0.717, 1.165) is 30.3 Å². The first-order valence-corrected chi connectivity index (χ1v) is 5.73. The molecule has 1 atom stereocenters. The van der Waals surface area contributed by atoms with E-state index in [1.807, 2.05) is 0 Å². The average molecular weight is 212 g/mol. The fourth-order valence-electron chi connectivity index (χ4n) is 1.72. The Balaban J connectivity index is 2.17. The molecule has 2 rings (SSSR count). The largest absolute Gasteiger partial charge is 0.325 e. The van der Waals surface area contributed by atoms with Crippen molar-refractivity contribution in [2.24, 2.45) is 5.73 Å². The lowest BCUT2D eigenvalue weighted by Crippen LogP contribution is -2.42. The molecule has 14 heavy (non-hydrogen) atoms. The van der Waals surface area contributed by atoms with Crippen LogP contribution in [0, 0.1) is 6.92 Å². The van der Waals surface area contributed by atoms with Gasteiger partial charge in [-0.25, -0.2) is 4.98 Å². The molecule has 4 N–H and O–H groups in total. The SMILES string of the molecule is Cc1nc(CN)sc1C1CNCCN1. The highest BCUT2D eigenvalue weighted by molar-refractivity contribution is 7.11. The van der Waals surface area contributed by atoms with Gasteiger partial charge in [0.25, 0.3) is 0 Å². The van der Waals surface area contributed by atoms with E-state index in [0.29, 0.717) is 12.6 Å². The number of aromatic nitrogens is 1. The van der Waals surface area contributed by atoms with Gasteiger partial charge in [-0.2, -0.15) is 0 Å². The van der Waals surface area contributed by atoms with Crippen LogP contribution in [0.3, 0.4) is 0 Å². The van der Waals surface area contributed by atoms with Crippen LogP contribution in [-0.2, 0) is 6.54 Å². The van der Waals surface area contributed by atoms with Gasteiger partial charge < -0.3 is 16.4 Å². The van der Waals surface area contributed by atoms with Crippen LogP contribution in [0.25, 0.3) is 0 Å². The van der Waals surface area contributed by atoms with E-state index in [2.05, 4.69) is 22.5 Å². The smallest absolute Gasteiger partial charge is 0.107 e. The third kappa shape index (κ3) is 1.95. The number of aryl methyl sites for hydroxylation is 1. The Morgan fingerprint density at radius 3 is 3.00 bits per heavy atom. The van der Waals surface area contributed by atoms with Crippen molar-refractivity contribution in [1.29, 1.82) is 0 Å². The topological polar surface area (TPSA) is 63.0 Å². The van der Waals surface area contributed by atoms with Gasteiger partial charge in [0, 0.05) is 31.1 Å². The molecule has 1 saturated heterocycles. The minimum atomic E-state index is 0.418. The summed E-state index contributed by atoms with van der Waals surface area (Å²) in [5.74, 6) is 0. The number of thiazole rings is 1. The van der Waals surface area contributed by atoms with Crippen LogP contribution in [-0.4, -0.2) is 24.6 Å². The zero-order valence-electron chi connectivity index (χ0n) is 8.34. The van der Waals surface area contributed by atoms with Crippen LogP contribution >= 0.6 is 11.3 Å². The van der Waals surface area contributed by atoms with Gasteiger partial charge in [-0.1, -0.05) is 0 Å². The predicted octanol–water partition coefficient (Wildman–Crippen LogP) is 0.144. The number of nitrogens with two attached hydrogens (primary N) is 1. The summed E-state index contributed by atoms with van der Waals surface area (Å²) in [6.07, 6.45) is 0. The summed E-state index contributed by atoms with van der Waals surface area (Å²) in [4.78, 5) is 5.76. The van der Waals surface area contributed by atoms with Crippen molar-refractivity contribution in [2.75, 3.05) is 19.6 Å². The van der Waals surface area contributed by atoms with E-state index in [9.17, 15) is 0 Å². The summed E-state index contributed by atoms with van der Waals surface area (Å²) >= 11 is 1.73. The molecule has 1 unspecified atom stereocenters. The molecule has 0 saturated carbocycles. The molecule has 0 spiro atoms. The quantitative estimate of drug-likeness (QED) is 0.653. The van der Waals surface area contributed by atoms with Crippen molar-refractivity contribution < 1.29 is 0 Å². The second kappa shape index (κ2) is 4.35. The van der Waals surface area contributed by atoms with Crippen LogP contribution in [0.1, 0.15) is 21.6 Å². The highest BCUT2D eigenvalue weighted by Crippen LogP contribution is 2.25. The highest BCUT2D eigenvalue weighted by Gasteiger charge is 2.19. The van der Waals surface area contributed by atoms with Crippen LogP contribution in [0.15, 0.2) is 0 Å². The van der Waals surface area contributed by atoms with Crippen LogP contribution in [0.2, 0.25) is 0 Å². The summed E-state index contributed by atoms with van der Waals surface area (Å²) < 4.78 is 0. The van der Waals surface area contributed by atoms with Crippen molar-refractivity contribution in [3.8, 4) is 0 Å². The van der Waals surface area contributed by atoms with Crippen molar-refractivity contribution in [3.05, 3.63) is 15.6 Å². The van der Waals surface area contributed by atoms with Gasteiger partial charge in [0.15, 0.2) is 0 Å². The predicted molar refractivity (Wildman–Crippen MR) is 58.4 cm³/mol. The maximum Gasteiger partial charge on any atom is 0.107 e. The maximum atomic E-state index is 5.57. The lowest BCUT2D eigenvalue weighted by Gasteiger charge is -2.23. The third-order valence-electron chi connectivity index (χ3n) is 2.41. The van der Waals surface area contributed by atoms with E-state index in [1.54, 1.807) is 11.3 Å². The minimum Gasteiger partial charge on any atom is -0.325 e. The van der Waals surface area contributed by atoms with Crippen molar-refractivity contribution in [2.45, 2.75) is 19.5 Å². The Morgan fingerprint density at radius 1 is 1.57 bits per heavy atom. The van der Waals surface area contributed by atoms with E-state index >= 15 is 0 Å². The molecule has 0 amide bonds. The van der Waals surface area contributed by atoms with Gasteiger partial charge in [0.1, 0.15) is 5.01 Å². The molecule has 1 aromatic heterocycles. The standard InChI is InChI=1S/C9H16N4S/c1-6-9(14-8(4-10)13-6)7-5-11-2-3-12-7/h7,11-12H,2-5,10H2,1H3. The molecule has 1 aromatic rings. The summed E-state index contributed by atoms with van der Waals surface area (Å²) in [5.41, 5.74) is 6.70. The zero-order valence-corrected chi connectivity index (χ0v) is 9.16. The van der Waals surface area contributed by atoms with Crippen molar-refractivity contribution >= 4 is 11.3 Å². The summed E-state index contributed by atoms with van der Waals surface area (Å²) in [7, 11) is 0. The monoisotopic (exact) mass is 212 g/mol. The summed E-state index contributed by atoms with van der Waals surface area (Å²) in [5, 5.41) is 7.89. The van der Waals surface area contributed by atoms with Crippen LogP contribution in [0.5, 0.6) is 0 Å². The Bertz CT molecular complexity index is 304. The molecule has 1 aliphatic rings. The molecule has 5 heteroatoms. The van der Waals surface area contributed by atoms with Crippen molar-refractivity contribution in [1.82, 2.24) is 15.6 Å². The van der Waals surface area contributed by atoms with Gasteiger partial charge in [0.05, 0.1) is 11.7 Å². The lowest BCUT2D eigenvalue weighted by atomic mass is 10.2. The first-order chi connectivity index (χ1) is 6.81. The first-order valence-electron chi connectivity index (χ1n) is 4.91. The van der Waals surface area contributed by atoms with Crippen LogP contribution in [0.4, 0.5) is 0 Å². The second-order valence-corrected chi connectivity index (χ2v) is 4.59. The van der Waals surface area contributed by atoms with E-state index in [-0.39, 0.29) is 0 Å². The Kier molecular flexibility index (Phi) is 3.12. The molecule has 2 heterocycles. The molecule has 78 valence electrons. The molecule has 1 aliphatic heterocycles. The normalized spacial score (nSPS) is 22.6. The number of nitrogens with zero attached hydrogens (tertiary/aromatic N) is 1. The molecular weight excluding hydrogens is 196 g/mol. The summed E-state index contributed by atoms with van der Waals surface area (Å²) in [6, 6.07) is 0.418. The van der Waals surface area contributed by atoms with E-state index < -0.39 is 0 Å². The molecule has 0 bridgehead atoms. The number of rotatable bonds is 2. The van der Waals surface area contributed by atoms with E-state index in [1.165, 1.54) is 4.88 Å². The van der Waals surface area contributed by atoms with E-state index in [4.69, 9.17) is 5.73 Å². The maximum absolute atomic E-state index is 5.57. The number of hydrogen-bond donors (Lipinski definition) is 3. The molecule has 0 aromatic carbocycles. The third-order valence-corrected chi connectivity index (χ3v) is 3.70. The van der Waals surface area contributed by atoms with Gasteiger partial charge in [-0.3, -0.25) is 0 Å².